The molecule has 0 saturated heterocycles. The van der Waals surface area contributed by atoms with Crippen molar-refractivity contribution < 1.29 is 8.78 Å². The Bertz CT molecular complexity index is 717. The van der Waals surface area contributed by atoms with E-state index in [1.54, 1.807) is 6.08 Å². The van der Waals surface area contributed by atoms with Crippen molar-refractivity contribution in [2.24, 2.45) is 10.9 Å². The third kappa shape index (κ3) is 1.39. The normalized spacial score (nSPS) is 30.2. The van der Waals surface area contributed by atoms with Gasteiger partial charge in [-0.2, -0.15) is 0 Å². The van der Waals surface area contributed by atoms with Crippen LogP contribution in [0.15, 0.2) is 76.1 Å². The van der Waals surface area contributed by atoms with Gasteiger partial charge in [-0.15, -0.1) is 0 Å². The highest BCUT2D eigenvalue weighted by atomic mass is 19.2. The zero-order chi connectivity index (χ0) is 13.9. The Morgan fingerprint density at radius 3 is 2.85 bits per heavy atom. The molecule has 2 atom stereocenters. The van der Waals surface area contributed by atoms with Crippen molar-refractivity contribution in [3.8, 4) is 0 Å². The van der Waals surface area contributed by atoms with Crippen LogP contribution in [-0.2, 0) is 0 Å². The highest BCUT2D eigenvalue weighted by Crippen LogP contribution is 2.43. The molecule has 4 heteroatoms. The second-order valence-electron chi connectivity index (χ2n) is 5.21. The minimum absolute atomic E-state index is 0.0649. The van der Waals surface area contributed by atoms with E-state index >= 15 is 0 Å². The lowest BCUT2D eigenvalue weighted by Crippen LogP contribution is -2.37. The predicted octanol–water partition coefficient (Wildman–Crippen LogP) is 3.36. The predicted molar refractivity (Wildman–Crippen MR) is 74.2 cm³/mol. The standard InChI is InChI=1S/C16H12F2N2/c1-20-13-5-3-2-4-9(13)8-12-16(20)14-11(19-12)7-6-10(17)15(14)18/h2-8,13-14H,1H3. The topological polar surface area (TPSA) is 15.6 Å². The van der Waals surface area contributed by atoms with E-state index < -0.39 is 17.6 Å². The van der Waals surface area contributed by atoms with E-state index in [0.29, 0.717) is 5.71 Å². The maximum atomic E-state index is 14.2. The van der Waals surface area contributed by atoms with Gasteiger partial charge in [0.05, 0.1) is 29.1 Å². The number of halogens is 2. The monoisotopic (exact) mass is 270 g/mol. The molecule has 2 aliphatic carbocycles. The van der Waals surface area contributed by atoms with Crippen LogP contribution in [-0.4, -0.2) is 23.7 Å². The van der Waals surface area contributed by atoms with E-state index in [1.165, 1.54) is 0 Å². The van der Waals surface area contributed by atoms with Gasteiger partial charge in [0.2, 0.25) is 0 Å². The molecule has 2 heterocycles. The number of aliphatic imine (C=N–C) groups is 1. The van der Waals surface area contributed by atoms with Gasteiger partial charge in [-0.1, -0.05) is 24.3 Å². The van der Waals surface area contributed by atoms with Crippen LogP contribution in [0.25, 0.3) is 0 Å². The summed E-state index contributed by atoms with van der Waals surface area (Å²) in [4.78, 5) is 6.43. The molecular formula is C16H12F2N2. The average Bonchev–Trinajstić information content (AvgIpc) is 2.82. The van der Waals surface area contributed by atoms with Gasteiger partial charge in [0, 0.05) is 7.05 Å². The highest BCUT2D eigenvalue weighted by molar-refractivity contribution is 6.05. The zero-order valence-corrected chi connectivity index (χ0v) is 10.8. The van der Waals surface area contributed by atoms with Crippen molar-refractivity contribution in [3.05, 3.63) is 71.2 Å². The third-order valence-electron chi connectivity index (χ3n) is 4.10. The summed E-state index contributed by atoms with van der Waals surface area (Å²) in [6.07, 6.45) is 12.7. The lowest BCUT2D eigenvalue weighted by atomic mass is 9.88. The van der Waals surface area contributed by atoms with E-state index in [-0.39, 0.29) is 6.04 Å². The van der Waals surface area contributed by atoms with E-state index in [9.17, 15) is 8.78 Å². The fraction of sp³-hybridized carbons (Fsp3) is 0.188. The minimum Gasteiger partial charge on any atom is -0.365 e. The summed E-state index contributed by atoms with van der Waals surface area (Å²) < 4.78 is 27.7. The van der Waals surface area contributed by atoms with Crippen LogP contribution < -0.4 is 0 Å². The molecule has 0 aromatic heterocycles. The first kappa shape index (κ1) is 11.6. The molecular weight excluding hydrogens is 258 g/mol. The van der Waals surface area contributed by atoms with Crippen molar-refractivity contribution in [1.29, 1.82) is 0 Å². The van der Waals surface area contributed by atoms with Crippen LogP contribution in [0.4, 0.5) is 8.78 Å². The lowest BCUT2D eigenvalue weighted by Gasteiger charge is -2.36. The Hall–Kier alpha value is -2.23. The third-order valence-corrected chi connectivity index (χ3v) is 4.10. The number of hydrogen-bond donors (Lipinski definition) is 0. The van der Waals surface area contributed by atoms with Crippen LogP contribution in [0.2, 0.25) is 0 Å². The molecule has 0 N–H and O–H groups in total. The first-order valence-corrected chi connectivity index (χ1v) is 6.52. The Balaban J connectivity index is 1.87. The van der Waals surface area contributed by atoms with Crippen molar-refractivity contribution in [3.63, 3.8) is 0 Å². The molecule has 20 heavy (non-hydrogen) atoms. The van der Waals surface area contributed by atoms with Crippen molar-refractivity contribution in [2.75, 3.05) is 7.05 Å². The summed E-state index contributed by atoms with van der Waals surface area (Å²) in [5, 5.41) is 0. The average molecular weight is 270 g/mol. The van der Waals surface area contributed by atoms with E-state index in [1.807, 2.05) is 42.3 Å². The quantitative estimate of drug-likeness (QED) is 0.659. The van der Waals surface area contributed by atoms with Crippen LogP contribution in [0.3, 0.4) is 0 Å². The molecule has 0 saturated carbocycles. The molecule has 0 bridgehead atoms. The molecule has 0 aromatic rings. The van der Waals surface area contributed by atoms with Crippen LogP contribution in [0, 0.1) is 5.92 Å². The highest BCUT2D eigenvalue weighted by Gasteiger charge is 2.41. The molecule has 2 unspecified atom stereocenters. The summed E-state index contributed by atoms with van der Waals surface area (Å²) >= 11 is 0. The maximum Gasteiger partial charge on any atom is 0.155 e. The molecule has 0 aromatic carbocycles. The summed E-state index contributed by atoms with van der Waals surface area (Å²) in [5.74, 6) is -2.24. The van der Waals surface area contributed by atoms with Crippen molar-refractivity contribution in [2.45, 2.75) is 6.04 Å². The zero-order valence-electron chi connectivity index (χ0n) is 10.8. The Kier molecular flexibility index (Phi) is 2.25. The maximum absolute atomic E-state index is 14.2. The minimum atomic E-state index is -0.801. The molecule has 2 nitrogen and oxygen atoms in total. The van der Waals surface area contributed by atoms with E-state index in [4.69, 9.17) is 0 Å². The van der Waals surface area contributed by atoms with E-state index in [2.05, 4.69) is 4.99 Å². The second kappa shape index (κ2) is 3.88. The fourth-order valence-corrected chi connectivity index (χ4v) is 3.14. The number of fused-ring (bicyclic) bond motifs is 3. The number of hydrogen-bond acceptors (Lipinski definition) is 2. The molecule has 2 aliphatic heterocycles. The largest absolute Gasteiger partial charge is 0.365 e. The number of allylic oxidation sites excluding steroid dienone is 7. The number of nitrogens with zero attached hydrogens (tertiary/aromatic N) is 2. The van der Waals surface area contributed by atoms with Gasteiger partial charge in [-0.25, -0.2) is 8.78 Å². The molecule has 0 amide bonds. The van der Waals surface area contributed by atoms with Crippen LogP contribution in [0.1, 0.15) is 0 Å². The smallest absolute Gasteiger partial charge is 0.155 e. The summed E-state index contributed by atoms with van der Waals surface area (Å²) in [7, 11) is 1.90. The Labute approximate surface area is 115 Å². The first-order chi connectivity index (χ1) is 9.66. The summed E-state index contributed by atoms with van der Waals surface area (Å²) in [6.45, 7) is 0. The van der Waals surface area contributed by atoms with Gasteiger partial charge >= 0.3 is 0 Å². The van der Waals surface area contributed by atoms with E-state index in [0.717, 1.165) is 23.0 Å². The summed E-state index contributed by atoms with van der Waals surface area (Å²) in [6, 6.07) is 0.0649. The Morgan fingerprint density at radius 1 is 1.15 bits per heavy atom. The van der Waals surface area contributed by atoms with Gasteiger partial charge in [0.1, 0.15) is 0 Å². The molecule has 0 spiro atoms. The molecule has 0 radical (unpaired) electrons. The lowest BCUT2D eigenvalue weighted by molar-refractivity contribution is 0.347. The Morgan fingerprint density at radius 2 is 2.00 bits per heavy atom. The molecule has 4 rings (SSSR count). The molecule has 100 valence electrons. The van der Waals surface area contributed by atoms with Gasteiger partial charge < -0.3 is 4.90 Å². The van der Waals surface area contributed by atoms with Gasteiger partial charge in [-0.05, 0) is 23.8 Å². The number of rotatable bonds is 0. The number of likely N-dealkylation sites (N-methyl/N-ethyl adjacent to an activating group) is 1. The van der Waals surface area contributed by atoms with Crippen molar-refractivity contribution >= 4 is 5.71 Å². The summed E-state index contributed by atoms with van der Waals surface area (Å²) in [5.41, 5.74) is 3.16. The second-order valence-corrected chi connectivity index (χ2v) is 5.21. The fourth-order valence-electron chi connectivity index (χ4n) is 3.14. The van der Waals surface area contributed by atoms with Crippen LogP contribution >= 0.6 is 0 Å². The molecule has 0 fully saturated rings. The van der Waals surface area contributed by atoms with Crippen molar-refractivity contribution in [1.82, 2.24) is 4.90 Å². The first-order valence-electron chi connectivity index (χ1n) is 6.52. The van der Waals surface area contributed by atoms with Gasteiger partial charge in [0.15, 0.2) is 11.7 Å². The van der Waals surface area contributed by atoms with Crippen LogP contribution in [0.5, 0.6) is 0 Å². The molecule has 4 aliphatic rings. The van der Waals surface area contributed by atoms with Gasteiger partial charge in [0.25, 0.3) is 0 Å². The SMILES string of the molecule is CN1C2=C(C=C3C=CC=CC31)N=C1C=CC(F)=C(F)C12. The van der Waals surface area contributed by atoms with Gasteiger partial charge in [-0.3, -0.25) is 4.99 Å².